The van der Waals surface area contributed by atoms with Crippen molar-refractivity contribution in [1.82, 2.24) is 10.6 Å². The lowest BCUT2D eigenvalue weighted by Gasteiger charge is -2.20. The van der Waals surface area contributed by atoms with Crippen molar-refractivity contribution in [3.63, 3.8) is 0 Å². The van der Waals surface area contributed by atoms with Crippen LogP contribution in [-0.2, 0) is 9.59 Å². The Balaban J connectivity index is 0.00000312. The summed E-state index contributed by atoms with van der Waals surface area (Å²) < 4.78 is 1.05. The van der Waals surface area contributed by atoms with E-state index in [1.54, 1.807) is 0 Å². The third kappa shape index (κ3) is 6.95. The summed E-state index contributed by atoms with van der Waals surface area (Å²) in [6, 6.07) is 7.54. The van der Waals surface area contributed by atoms with Crippen LogP contribution in [0.15, 0.2) is 28.7 Å². The van der Waals surface area contributed by atoms with Gasteiger partial charge in [-0.25, -0.2) is 0 Å². The second-order valence-corrected chi connectivity index (χ2v) is 7.29. The van der Waals surface area contributed by atoms with E-state index >= 15 is 0 Å². The molecule has 0 aromatic heterocycles. The van der Waals surface area contributed by atoms with Crippen LogP contribution in [0.3, 0.4) is 0 Å². The van der Waals surface area contributed by atoms with Gasteiger partial charge in [-0.05, 0) is 40.4 Å². The van der Waals surface area contributed by atoms with Gasteiger partial charge in [-0.3, -0.25) is 9.59 Å². The van der Waals surface area contributed by atoms with Crippen molar-refractivity contribution < 1.29 is 9.59 Å². The first kappa shape index (κ1) is 25.0. The molecule has 1 aromatic carbocycles. The van der Waals surface area contributed by atoms with Crippen molar-refractivity contribution in [3.8, 4) is 0 Å². The van der Waals surface area contributed by atoms with Crippen LogP contribution in [0.4, 0.5) is 5.69 Å². The van der Waals surface area contributed by atoms with Gasteiger partial charge in [-0.15, -0.1) is 24.8 Å². The fourth-order valence-corrected chi connectivity index (χ4v) is 3.21. The molecule has 2 rings (SSSR count). The normalized spacial score (nSPS) is 17.1. The highest BCUT2D eigenvalue weighted by atomic mass is 79.9. The highest BCUT2D eigenvalue weighted by Crippen LogP contribution is 2.28. The maximum Gasteiger partial charge on any atom is 0.239 e. The van der Waals surface area contributed by atoms with E-state index in [0.29, 0.717) is 0 Å². The predicted molar refractivity (Wildman–Crippen MR) is 113 cm³/mol. The average molecular weight is 470 g/mol. The predicted octanol–water partition coefficient (Wildman–Crippen LogP) is 2.09. The molecule has 148 valence electrons. The summed E-state index contributed by atoms with van der Waals surface area (Å²) in [6.45, 7) is 5.36. The third-order valence-corrected chi connectivity index (χ3v) is 4.86. The van der Waals surface area contributed by atoms with E-state index in [4.69, 9.17) is 5.73 Å². The molecule has 1 aliphatic heterocycles. The molecule has 2 amide bonds. The fourth-order valence-electron chi connectivity index (χ4n) is 2.67. The monoisotopic (exact) mass is 468 g/mol. The number of hydrogen-bond acceptors (Lipinski definition) is 4. The molecule has 1 aliphatic rings. The molecule has 1 heterocycles. The molecule has 0 radical (unpaired) electrons. The van der Waals surface area contributed by atoms with Crippen LogP contribution in [0, 0.1) is 5.92 Å². The van der Waals surface area contributed by atoms with E-state index in [1.807, 2.05) is 32.0 Å². The van der Waals surface area contributed by atoms with Crippen LogP contribution >= 0.6 is 40.7 Å². The Hall–Kier alpha value is -1.02. The summed E-state index contributed by atoms with van der Waals surface area (Å²) in [4.78, 5) is 26.0. The number of carbonyl (C=O) groups excluding carboxylic acids is 2. The number of carbonyl (C=O) groups is 2. The van der Waals surface area contributed by atoms with Gasteiger partial charge in [0.1, 0.15) is 0 Å². The Kier molecular flexibility index (Phi) is 11.2. The highest BCUT2D eigenvalue weighted by Gasteiger charge is 2.25. The van der Waals surface area contributed by atoms with Crippen molar-refractivity contribution in [3.05, 3.63) is 28.7 Å². The molecule has 1 fully saturated rings. The number of benzene rings is 1. The number of nitrogens with zero attached hydrogens (tertiary/aromatic N) is 1. The lowest BCUT2D eigenvalue weighted by molar-refractivity contribution is -0.127. The van der Waals surface area contributed by atoms with E-state index < -0.39 is 6.04 Å². The first-order valence-electron chi connectivity index (χ1n) is 8.20. The van der Waals surface area contributed by atoms with Gasteiger partial charge in [-0.2, -0.15) is 0 Å². The van der Waals surface area contributed by atoms with E-state index in [2.05, 4.69) is 37.5 Å². The SMILES string of the molecule is CC(C)[C@H](N)C(=O)NCC(=O)NC1CCN(c2ccccc2Br)C1.Cl.Cl. The lowest BCUT2D eigenvalue weighted by atomic mass is 10.1. The van der Waals surface area contributed by atoms with Crippen molar-refractivity contribution in [2.75, 3.05) is 24.5 Å². The Bertz CT molecular complexity index is 604. The van der Waals surface area contributed by atoms with Crippen LogP contribution in [0.5, 0.6) is 0 Å². The zero-order valence-corrected chi connectivity index (χ0v) is 18.1. The van der Waals surface area contributed by atoms with Gasteiger partial charge in [0, 0.05) is 23.6 Å². The van der Waals surface area contributed by atoms with Crippen LogP contribution in [-0.4, -0.2) is 43.5 Å². The Labute approximate surface area is 175 Å². The molecular weight excluding hydrogens is 443 g/mol. The van der Waals surface area contributed by atoms with Crippen molar-refractivity contribution >= 4 is 58.2 Å². The van der Waals surface area contributed by atoms with E-state index in [9.17, 15) is 9.59 Å². The van der Waals surface area contributed by atoms with Gasteiger partial charge in [-0.1, -0.05) is 26.0 Å². The minimum atomic E-state index is -0.588. The number of halogens is 3. The van der Waals surface area contributed by atoms with Gasteiger partial charge in [0.25, 0.3) is 0 Å². The largest absolute Gasteiger partial charge is 0.368 e. The van der Waals surface area contributed by atoms with E-state index in [1.165, 1.54) is 0 Å². The second-order valence-electron chi connectivity index (χ2n) is 6.44. The zero-order valence-electron chi connectivity index (χ0n) is 14.9. The minimum absolute atomic E-state index is 0. The number of nitrogens with two attached hydrogens (primary N) is 1. The summed E-state index contributed by atoms with van der Waals surface area (Å²) in [5.41, 5.74) is 6.88. The number of nitrogens with one attached hydrogen (secondary N) is 2. The van der Waals surface area contributed by atoms with Crippen LogP contribution in [0.25, 0.3) is 0 Å². The molecule has 1 unspecified atom stereocenters. The Morgan fingerprint density at radius 3 is 2.58 bits per heavy atom. The summed E-state index contributed by atoms with van der Waals surface area (Å²) in [6.07, 6.45) is 0.881. The minimum Gasteiger partial charge on any atom is -0.368 e. The van der Waals surface area contributed by atoms with Crippen LogP contribution in [0.1, 0.15) is 20.3 Å². The standard InChI is InChI=1S/C17H25BrN4O2.2ClH/c1-11(2)16(19)17(24)20-9-15(23)21-12-7-8-22(10-12)14-6-4-3-5-13(14)18;;/h3-6,11-12,16H,7-10,19H2,1-2H3,(H,20,24)(H,21,23);2*1H/t12?,16-;;/m0../s1. The number of para-hydroxylation sites is 1. The average Bonchev–Trinajstić information content (AvgIpc) is 3.00. The maximum absolute atomic E-state index is 12.0. The summed E-state index contributed by atoms with van der Waals surface area (Å²) in [5, 5.41) is 5.56. The van der Waals surface area contributed by atoms with Gasteiger partial charge >= 0.3 is 0 Å². The van der Waals surface area contributed by atoms with Gasteiger partial charge in [0.2, 0.25) is 11.8 Å². The van der Waals surface area contributed by atoms with Crippen LogP contribution < -0.4 is 21.3 Å². The van der Waals surface area contributed by atoms with Gasteiger partial charge in [0.15, 0.2) is 0 Å². The summed E-state index contributed by atoms with van der Waals surface area (Å²) in [7, 11) is 0. The first-order chi connectivity index (χ1) is 11.4. The smallest absolute Gasteiger partial charge is 0.239 e. The molecule has 0 spiro atoms. The lowest BCUT2D eigenvalue weighted by Crippen LogP contribution is -2.48. The highest BCUT2D eigenvalue weighted by molar-refractivity contribution is 9.10. The Morgan fingerprint density at radius 2 is 1.96 bits per heavy atom. The molecule has 4 N–H and O–H groups in total. The Morgan fingerprint density at radius 1 is 1.31 bits per heavy atom. The molecule has 0 saturated carbocycles. The maximum atomic E-state index is 12.0. The van der Waals surface area contributed by atoms with Crippen molar-refractivity contribution in [2.24, 2.45) is 11.7 Å². The molecule has 6 nitrogen and oxygen atoms in total. The third-order valence-electron chi connectivity index (χ3n) is 4.19. The zero-order chi connectivity index (χ0) is 17.7. The molecule has 26 heavy (non-hydrogen) atoms. The van der Waals surface area contributed by atoms with E-state index in [0.717, 1.165) is 29.7 Å². The molecule has 0 bridgehead atoms. The number of rotatable bonds is 6. The van der Waals surface area contributed by atoms with Gasteiger partial charge < -0.3 is 21.3 Å². The first-order valence-corrected chi connectivity index (χ1v) is 9.00. The number of anilines is 1. The molecule has 0 aliphatic carbocycles. The quantitative estimate of drug-likeness (QED) is 0.595. The molecular formula is C17H27BrCl2N4O2. The molecule has 2 atom stereocenters. The summed E-state index contributed by atoms with van der Waals surface area (Å²) in [5.74, 6) is -0.430. The van der Waals surface area contributed by atoms with Crippen molar-refractivity contribution in [1.29, 1.82) is 0 Å². The number of hydrogen-bond donors (Lipinski definition) is 3. The fraction of sp³-hybridized carbons (Fsp3) is 0.529. The molecule has 9 heteroatoms. The number of amides is 2. The van der Waals surface area contributed by atoms with Crippen LogP contribution in [0.2, 0.25) is 0 Å². The molecule has 1 saturated heterocycles. The molecule has 1 aromatic rings. The van der Waals surface area contributed by atoms with Gasteiger partial charge in [0.05, 0.1) is 18.3 Å². The van der Waals surface area contributed by atoms with Crippen molar-refractivity contribution in [2.45, 2.75) is 32.4 Å². The van der Waals surface area contributed by atoms with E-state index in [-0.39, 0.29) is 55.1 Å². The second kappa shape index (κ2) is 11.6. The topological polar surface area (TPSA) is 87.5 Å². The summed E-state index contributed by atoms with van der Waals surface area (Å²) >= 11 is 3.55.